The lowest BCUT2D eigenvalue weighted by molar-refractivity contribution is 0.313. The monoisotopic (exact) mass is 303 g/mol. The number of nitrogens with one attached hydrogen (secondary N) is 1. The maximum atomic E-state index is 6.00. The Morgan fingerprint density at radius 2 is 2.38 bits per heavy atom. The highest BCUT2D eigenvalue weighted by molar-refractivity contribution is 6.30. The fourth-order valence-electron chi connectivity index (χ4n) is 3.47. The molecular formula is C16H18ClN3O. The van der Waals surface area contributed by atoms with Crippen molar-refractivity contribution in [1.82, 2.24) is 15.5 Å². The molecule has 2 aliphatic rings. The zero-order valence-electron chi connectivity index (χ0n) is 11.8. The summed E-state index contributed by atoms with van der Waals surface area (Å²) >= 11 is 6.00. The van der Waals surface area contributed by atoms with E-state index in [1.54, 1.807) is 0 Å². The lowest BCUT2D eigenvalue weighted by Crippen LogP contribution is -2.31. The molecule has 4 nitrogen and oxygen atoms in total. The zero-order valence-corrected chi connectivity index (χ0v) is 12.6. The minimum Gasteiger partial charge on any atom is -0.339 e. The average molecular weight is 304 g/mol. The second-order valence-corrected chi connectivity index (χ2v) is 6.69. The zero-order chi connectivity index (χ0) is 14.3. The van der Waals surface area contributed by atoms with Crippen molar-refractivity contribution in [2.45, 2.75) is 31.6 Å². The molecule has 1 N–H and O–H groups in total. The summed E-state index contributed by atoms with van der Waals surface area (Å²) in [5.41, 5.74) is 1.50. The number of rotatable bonds is 3. The van der Waals surface area contributed by atoms with Gasteiger partial charge in [-0.2, -0.15) is 4.98 Å². The van der Waals surface area contributed by atoms with Crippen molar-refractivity contribution >= 4 is 11.6 Å². The van der Waals surface area contributed by atoms with Crippen LogP contribution in [-0.4, -0.2) is 23.2 Å². The highest BCUT2D eigenvalue weighted by Crippen LogP contribution is 2.62. The van der Waals surface area contributed by atoms with Crippen LogP contribution in [0.25, 0.3) is 0 Å². The topological polar surface area (TPSA) is 51.0 Å². The largest absolute Gasteiger partial charge is 0.339 e. The lowest BCUT2D eigenvalue weighted by Gasteiger charge is -2.22. The van der Waals surface area contributed by atoms with Gasteiger partial charge in [0.1, 0.15) is 0 Å². The quantitative estimate of drug-likeness (QED) is 0.946. The van der Waals surface area contributed by atoms with Crippen LogP contribution in [0.15, 0.2) is 28.8 Å². The summed E-state index contributed by atoms with van der Waals surface area (Å²) in [6.07, 6.45) is 4.37. The summed E-state index contributed by atoms with van der Waals surface area (Å²) < 4.78 is 5.50. The maximum Gasteiger partial charge on any atom is 0.230 e. The number of nitrogens with zero attached hydrogens (tertiary/aromatic N) is 2. The molecule has 1 aromatic heterocycles. The van der Waals surface area contributed by atoms with Crippen molar-refractivity contribution < 1.29 is 4.52 Å². The molecule has 1 saturated heterocycles. The van der Waals surface area contributed by atoms with Gasteiger partial charge in [-0.3, -0.25) is 0 Å². The number of aromatic nitrogens is 2. The molecule has 5 heteroatoms. The molecule has 0 radical (unpaired) electrons. The molecule has 1 spiro atoms. The smallest absolute Gasteiger partial charge is 0.230 e. The first-order chi connectivity index (χ1) is 10.3. The molecule has 2 heterocycles. The second-order valence-electron chi connectivity index (χ2n) is 6.25. The molecule has 1 aromatic carbocycles. The van der Waals surface area contributed by atoms with Crippen molar-refractivity contribution in [3.8, 4) is 0 Å². The Hall–Kier alpha value is -1.39. The summed E-state index contributed by atoms with van der Waals surface area (Å²) in [6, 6.07) is 7.80. The minimum atomic E-state index is 0.387. The van der Waals surface area contributed by atoms with Crippen LogP contribution in [-0.2, 0) is 6.42 Å². The molecule has 2 aromatic rings. The molecule has 1 aliphatic carbocycles. The highest BCUT2D eigenvalue weighted by atomic mass is 35.5. The van der Waals surface area contributed by atoms with Gasteiger partial charge in [0.2, 0.25) is 5.89 Å². The van der Waals surface area contributed by atoms with Gasteiger partial charge < -0.3 is 9.84 Å². The Morgan fingerprint density at radius 1 is 1.43 bits per heavy atom. The lowest BCUT2D eigenvalue weighted by atomic mass is 9.94. The molecule has 2 fully saturated rings. The minimum absolute atomic E-state index is 0.387. The van der Waals surface area contributed by atoms with Crippen LogP contribution in [0.4, 0.5) is 0 Å². The standard InChI is InChI=1S/C16H18ClN3O/c17-12-4-1-3-11(7-12)8-14-19-15(21-20-14)13-9-16(13)5-2-6-18-10-16/h1,3-4,7,13,18H,2,5-6,8-10H2. The number of piperidine rings is 1. The Kier molecular flexibility index (Phi) is 3.23. The third-order valence-electron chi connectivity index (χ3n) is 4.73. The van der Waals surface area contributed by atoms with Crippen molar-refractivity contribution in [2.24, 2.45) is 5.41 Å². The van der Waals surface area contributed by atoms with Gasteiger partial charge in [0.15, 0.2) is 5.82 Å². The van der Waals surface area contributed by atoms with Crippen LogP contribution >= 0.6 is 11.6 Å². The molecule has 4 rings (SSSR count). The van der Waals surface area contributed by atoms with Gasteiger partial charge in [-0.25, -0.2) is 0 Å². The third kappa shape index (κ3) is 2.58. The van der Waals surface area contributed by atoms with Gasteiger partial charge in [0, 0.05) is 23.9 Å². The molecule has 1 aliphatic heterocycles. The average Bonchev–Trinajstić information content (AvgIpc) is 2.96. The third-order valence-corrected chi connectivity index (χ3v) is 4.96. The Morgan fingerprint density at radius 3 is 3.19 bits per heavy atom. The van der Waals surface area contributed by atoms with Crippen LogP contribution in [0, 0.1) is 5.41 Å². The van der Waals surface area contributed by atoms with Gasteiger partial charge in [0.25, 0.3) is 0 Å². The van der Waals surface area contributed by atoms with E-state index in [1.165, 1.54) is 19.3 Å². The summed E-state index contributed by atoms with van der Waals surface area (Å²) in [5, 5.41) is 8.36. The van der Waals surface area contributed by atoms with E-state index >= 15 is 0 Å². The molecule has 0 bridgehead atoms. The summed E-state index contributed by atoms with van der Waals surface area (Å²) in [4.78, 5) is 4.60. The fraction of sp³-hybridized carbons (Fsp3) is 0.500. The van der Waals surface area contributed by atoms with Crippen LogP contribution in [0.5, 0.6) is 0 Å². The molecule has 21 heavy (non-hydrogen) atoms. The molecule has 0 amide bonds. The van der Waals surface area contributed by atoms with Gasteiger partial charge in [-0.05, 0) is 48.9 Å². The van der Waals surface area contributed by atoms with Crippen molar-refractivity contribution in [2.75, 3.05) is 13.1 Å². The first-order valence-corrected chi connectivity index (χ1v) is 7.91. The van der Waals surface area contributed by atoms with Crippen LogP contribution in [0.1, 0.15) is 42.5 Å². The second kappa shape index (κ2) is 5.11. The Balaban J connectivity index is 1.47. The van der Waals surface area contributed by atoms with E-state index in [1.807, 2.05) is 24.3 Å². The SMILES string of the molecule is Clc1cccc(Cc2noc(C3CC34CCCNC4)n2)c1. The summed E-state index contributed by atoms with van der Waals surface area (Å²) in [5.74, 6) is 2.01. The highest BCUT2D eigenvalue weighted by Gasteiger charge is 2.57. The molecule has 110 valence electrons. The van der Waals surface area contributed by atoms with Gasteiger partial charge in [-0.1, -0.05) is 28.9 Å². The van der Waals surface area contributed by atoms with E-state index in [2.05, 4.69) is 15.5 Å². The van der Waals surface area contributed by atoms with Gasteiger partial charge in [-0.15, -0.1) is 0 Å². The first kappa shape index (κ1) is 13.3. The Bertz CT molecular complexity index is 648. The molecular weight excluding hydrogens is 286 g/mol. The van der Waals surface area contributed by atoms with Crippen LogP contribution in [0.3, 0.4) is 0 Å². The van der Waals surface area contributed by atoms with E-state index in [0.29, 0.717) is 17.8 Å². The van der Waals surface area contributed by atoms with E-state index in [0.717, 1.165) is 35.4 Å². The summed E-state index contributed by atoms with van der Waals surface area (Å²) in [7, 11) is 0. The predicted octanol–water partition coefficient (Wildman–Crippen LogP) is 3.17. The van der Waals surface area contributed by atoms with Crippen molar-refractivity contribution in [3.63, 3.8) is 0 Å². The van der Waals surface area contributed by atoms with E-state index in [-0.39, 0.29) is 0 Å². The fourth-order valence-corrected chi connectivity index (χ4v) is 3.68. The van der Waals surface area contributed by atoms with E-state index < -0.39 is 0 Å². The first-order valence-electron chi connectivity index (χ1n) is 7.53. The molecule has 1 saturated carbocycles. The van der Waals surface area contributed by atoms with Gasteiger partial charge >= 0.3 is 0 Å². The van der Waals surface area contributed by atoms with Crippen LogP contribution < -0.4 is 5.32 Å². The Labute approximate surface area is 128 Å². The van der Waals surface area contributed by atoms with E-state index in [9.17, 15) is 0 Å². The number of benzene rings is 1. The van der Waals surface area contributed by atoms with Crippen molar-refractivity contribution in [3.05, 3.63) is 46.6 Å². The van der Waals surface area contributed by atoms with Crippen molar-refractivity contribution in [1.29, 1.82) is 0 Å². The predicted molar refractivity (Wildman–Crippen MR) is 80.5 cm³/mol. The number of halogens is 1. The van der Waals surface area contributed by atoms with Crippen LogP contribution in [0.2, 0.25) is 5.02 Å². The van der Waals surface area contributed by atoms with Gasteiger partial charge in [0.05, 0.1) is 0 Å². The molecule has 2 unspecified atom stereocenters. The number of hydrogen-bond donors (Lipinski definition) is 1. The number of hydrogen-bond acceptors (Lipinski definition) is 4. The molecule has 2 atom stereocenters. The summed E-state index contributed by atoms with van der Waals surface area (Å²) in [6.45, 7) is 2.22. The van der Waals surface area contributed by atoms with E-state index in [4.69, 9.17) is 16.1 Å². The normalized spacial score (nSPS) is 28.0. The maximum absolute atomic E-state index is 6.00.